The number of anilines is 1. The standard InChI is InChI=1S/C15H21FN2O2/c1-2-14(19)13-8-3-4-9-18(13)15(20)17-12-7-5-6-11(16)10-12/h5-7,10,13-14,19H,2-4,8-9H2,1H3,(H,17,20)/t13-,14+/m0/s1. The molecule has 2 atom stereocenters. The van der Waals surface area contributed by atoms with Crippen molar-refractivity contribution in [3.05, 3.63) is 30.1 Å². The summed E-state index contributed by atoms with van der Waals surface area (Å²) in [6.07, 6.45) is 2.88. The average molecular weight is 280 g/mol. The Bertz CT molecular complexity index is 467. The fraction of sp³-hybridized carbons (Fsp3) is 0.533. The second-order valence-corrected chi connectivity index (χ2v) is 5.17. The van der Waals surface area contributed by atoms with Crippen molar-refractivity contribution in [3.63, 3.8) is 0 Å². The Balaban J connectivity index is 2.06. The van der Waals surface area contributed by atoms with Crippen LogP contribution in [0.15, 0.2) is 24.3 Å². The van der Waals surface area contributed by atoms with Gasteiger partial charge >= 0.3 is 6.03 Å². The molecule has 0 unspecified atom stereocenters. The number of nitrogens with zero attached hydrogens (tertiary/aromatic N) is 1. The summed E-state index contributed by atoms with van der Waals surface area (Å²) in [5.74, 6) is -0.383. The zero-order valence-corrected chi connectivity index (χ0v) is 11.7. The number of nitrogens with one attached hydrogen (secondary N) is 1. The largest absolute Gasteiger partial charge is 0.391 e. The Morgan fingerprint density at radius 2 is 2.35 bits per heavy atom. The zero-order valence-electron chi connectivity index (χ0n) is 11.7. The van der Waals surface area contributed by atoms with Gasteiger partial charge in [-0.2, -0.15) is 0 Å². The molecule has 1 saturated heterocycles. The van der Waals surface area contributed by atoms with Gasteiger partial charge in [-0.1, -0.05) is 13.0 Å². The van der Waals surface area contributed by atoms with Gasteiger partial charge in [0.1, 0.15) is 5.82 Å². The third-order valence-electron chi connectivity index (χ3n) is 3.75. The molecule has 1 aliphatic heterocycles. The molecule has 20 heavy (non-hydrogen) atoms. The lowest BCUT2D eigenvalue weighted by atomic mass is 9.96. The topological polar surface area (TPSA) is 52.6 Å². The van der Waals surface area contributed by atoms with Crippen LogP contribution in [-0.2, 0) is 0 Å². The Labute approximate surface area is 118 Å². The summed E-state index contributed by atoms with van der Waals surface area (Å²) in [7, 11) is 0. The molecule has 1 aliphatic rings. The van der Waals surface area contributed by atoms with Gasteiger partial charge in [0.05, 0.1) is 12.1 Å². The first kappa shape index (κ1) is 14.8. The quantitative estimate of drug-likeness (QED) is 0.894. The number of aliphatic hydroxyl groups is 1. The van der Waals surface area contributed by atoms with E-state index in [9.17, 15) is 14.3 Å². The van der Waals surface area contributed by atoms with Crippen molar-refractivity contribution >= 4 is 11.7 Å². The first-order valence-corrected chi connectivity index (χ1v) is 7.13. The van der Waals surface area contributed by atoms with E-state index in [2.05, 4.69) is 5.32 Å². The molecule has 2 rings (SSSR count). The minimum absolute atomic E-state index is 0.151. The number of amides is 2. The van der Waals surface area contributed by atoms with Crippen LogP contribution in [-0.4, -0.2) is 34.7 Å². The number of aliphatic hydroxyl groups excluding tert-OH is 1. The number of hydrogen-bond donors (Lipinski definition) is 2. The summed E-state index contributed by atoms with van der Waals surface area (Å²) in [6.45, 7) is 2.53. The Hall–Kier alpha value is -1.62. The molecule has 0 radical (unpaired) electrons. The summed E-state index contributed by atoms with van der Waals surface area (Å²) >= 11 is 0. The first-order valence-electron chi connectivity index (χ1n) is 7.13. The van der Waals surface area contributed by atoms with Gasteiger partial charge in [0.25, 0.3) is 0 Å². The van der Waals surface area contributed by atoms with Crippen molar-refractivity contribution in [3.8, 4) is 0 Å². The smallest absolute Gasteiger partial charge is 0.322 e. The maximum atomic E-state index is 13.1. The number of piperidine rings is 1. The van der Waals surface area contributed by atoms with E-state index in [1.807, 2.05) is 6.92 Å². The molecule has 0 aromatic heterocycles. The number of carbonyl (C=O) groups excluding carboxylic acids is 1. The van der Waals surface area contributed by atoms with E-state index in [-0.39, 0.29) is 17.9 Å². The number of halogens is 1. The van der Waals surface area contributed by atoms with Gasteiger partial charge in [-0.05, 0) is 43.9 Å². The van der Waals surface area contributed by atoms with Gasteiger partial charge in [0.2, 0.25) is 0 Å². The van der Waals surface area contributed by atoms with Crippen molar-refractivity contribution < 1.29 is 14.3 Å². The number of hydrogen-bond acceptors (Lipinski definition) is 2. The molecular formula is C15H21FN2O2. The molecule has 1 heterocycles. The number of urea groups is 1. The molecule has 4 nitrogen and oxygen atoms in total. The fourth-order valence-corrected chi connectivity index (χ4v) is 2.64. The van der Waals surface area contributed by atoms with Crippen molar-refractivity contribution in [1.82, 2.24) is 4.90 Å². The van der Waals surface area contributed by atoms with Gasteiger partial charge in [0, 0.05) is 12.2 Å². The molecule has 2 amide bonds. The molecule has 0 spiro atoms. The lowest BCUT2D eigenvalue weighted by molar-refractivity contribution is 0.0471. The average Bonchev–Trinajstić information content (AvgIpc) is 2.46. The molecule has 1 aromatic carbocycles. The second-order valence-electron chi connectivity index (χ2n) is 5.17. The minimum Gasteiger partial charge on any atom is -0.391 e. The van der Waals surface area contributed by atoms with E-state index >= 15 is 0 Å². The number of benzene rings is 1. The molecule has 1 fully saturated rings. The predicted molar refractivity (Wildman–Crippen MR) is 76.1 cm³/mol. The van der Waals surface area contributed by atoms with E-state index in [4.69, 9.17) is 0 Å². The highest BCUT2D eigenvalue weighted by Gasteiger charge is 2.31. The molecule has 5 heteroatoms. The first-order chi connectivity index (χ1) is 9.61. The van der Waals surface area contributed by atoms with Crippen LogP contribution in [0, 0.1) is 5.82 Å². The van der Waals surface area contributed by atoms with Gasteiger partial charge < -0.3 is 15.3 Å². The van der Waals surface area contributed by atoms with Crippen LogP contribution in [0.4, 0.5) is 14.9 Å². The molecule has 0 aliphatic carbocycles. The lowest BCUT2D eigenvalue weighted by Crippen LogP contribution is -2.51. The molecule has 0 saturated carbocycles. The van der Waals surface area contributed by atoms with Crippen LogP contribution in [0.5, 0.6) is 0 Å². The van der Waals surface area contributed by atoms with E-state index in [1.165, 1.54) is 12.1 Å². The maximum absolute atomic E-state index is 13.1. The highest BCUT2D eigenvalue weighted by atomic mass is 19.1. The van der Waals surface area contributed by atoms with E-state index in [0.717, 1.165) is 19.3 Å². The molecule has 110 valence electrons. The van der Waals surface area contributed by atoms with Crippen LogP contribution in [0.1, 0.15) is 32.6 Å². The van der Waals surface area contributed by atoms with Crippen LogP contribution in [0.3, 0.4) is 0 Å². The predicted octanol–water partition coefficient (Wildman–Crippen LogP) is 2.98. The van der Waals surface area contributed by atoms with Crippen LogP contribution >= 0.6 is 0 Å². The highest BCUT2D eigenvalue weighted by molar-refractivity contribution is 5.89. The summed E-state index contributed by atoms with van der Waals surface area (Å²) in [5.41, 5.74) is 0.435. The Morgan fingerprint density at radius 1 is 1.55 bits per heavy atom. The van der Waals surface area contributed by atoms with Gasteiger partial charge in [-0.25, -0.2) is 9.18 Å². The molecule has 2 N–H and O–H groups in total. The van der Waals surface area contributed by atoms with Crippen molar-refractivity contribution in [2.75, 3.05) is 11.9 Å². The van der Waals surface area contributed by atoms with E-state index < -0.39 is 6.10 Å². The van der Waals surface area contributed by atoms with Crippen LogP contribution in [0.25, 0.3) is 0 Å². The van der Waals surface area contributed by atoms with Crippen LogP contribution < -0.4 is 5.32 Å². The summed E-state index contributed by atoms with van der Waals surface area (Å²) in [5, 5.41) is 12.7. The highest BCUT2D eigenvalue weighted by Crippen LogP contribution is 2.22. The van der Waals surface area contributed by atoms with Crippen molar-refractivity contribution in [2.45, 2.75) is 44.8 Å². The number of rotatable bonds is 3. The maximum Gasteiger partial charge on any atom is 0.322 e. The lowest BCUT2D eigenvalue weighted by Gasteiger charge is -2.38. The minimum atomic E-state index is -0.506. The molecule has 0 bridgehead atoms. The summed E-state index contributed by atoms with van der Waals surface area (Å²) in [4.78, 5) is 14.0. The fourth-order valence-electron chi connectivity index (χ4n) is 2.64. The molecular weight excluding hydrogens is 259 g/mol. The third kappa shape index (κ3) is 3.48. The van der Waals surface area contributed by atoms with Crippen molar-refractivity contribution in [2.24, 2.45) is 0 Å². The normalized spacial score (nSPS) is 20.6. The van der Waals surface area contributed by atoms with Gasteiger partial charge in [-0.15, -0.1) is 0 Å². The summed E-state index contributed by atoms with van der Waals surface area (Å²) < 4.78 is 13.1. The number of likely N-dealkylation sites (tertiary alicyclic amines) is 1. The van der Waals surface area contributed by atoms with E-state index in [1.54, 1.807) is 17.0 Å². The Morgan fingerprint density at radius 3 is 3.05 bits per heavy atom. The summed E-state index contributed by atoms with van der Waals surface area (Å²) in [6, 6.07) is 5.40. The van der Waals surface area contributed by atoms with Crippen molar-refractivity contribution in [1.29, 1.82) is 0 Å². The monoisotopic (exact) mass is 280 g/mol. The van der Waals surface area contributed by atoms with Gasteiger partial charge in [0.15, 0.2) is 0 Å². The van der Waals surface area contributed by atoms with E-state index in [0.29, 0.717) is 18.7 Å². The Kier molecular flexibility index (Phi) is 4.95. The second kappa shape index (κ2) is 6.70. The SMILES string of the molecule is CC[C@@H](O)[C@@H]1CCCCN1C(=O)Nc1cccc(F)c1. The molecule has 1 aromatic rings. The van der Waals surface area contributed by atoms with Gasteiger partial charge in [-0.3, -0.25) is 0 Å². The van der Waals surface area contributed by atoms with Crippen LogP contribution in [0.2, 0.25) is 0 Å². The number of carbonyl (C=O) groups is 1. The zero-order chi connectivity index (χ0) is 14.5. The third-order valence-corrected chi connectivity index (χ3v) is 3.75.